The number of carbonyl (C=O) groups is 2. The number of fused-ring (bicyclic) bond motifs is 4. The number of hydrogen-bond acceptors (Lipinski definition) is 6. The first kappa shape index (κ1) is 21.5. The summed E-state index contributed by atoms with van der Waals surface area (Å²) in [7, 11) is 0. The molecule has 4 heterocycles. The zero-order valence-electron chi connectivity index (χ0n) is 18.6. The molecule has 2 aromatic carbocycles. The van der Waals surface area contributed by atoms with Crippen molar-refractivity contribution in [3.05, 3.63) is 99.6 Å². The molecule has 3 aromatic rings. The number of carbonyl (C=O) groups excluding carboxylic acids is 2. The number of nitro groups is 1. The molecule has 0 aliphatic carbocycles. The Labute approximate surface area is 199 Å². The van der Waals surface area contributed by atoms with Crippen LogP contribution in [0, 0.1) is 21.8 Å². The maximum Gasteiger partial charge on any atom is 0.269 e. The average Bonchev–Trinajstić information content (AvgIpc) is 3.53. The van der Waals surface area contributed by atoms with Gasteiger partial charge in [0.15, 0.2) is 5.78 Å². The number of halogens is 1. The Bertz CT molecular complexity index is 1360. The molecule has 4 atom stereocenters. The second-order valence-electron chi connectivity index (χ2n) is 9.24. The summed E-state index contributed by atoms with van der Waals surface area (Å²) in [4.78, 5) is 45.1. The van der Waals surface area contributed by atoms with Crippen LogP contribution in [0.1, 0.15) is 40.4 Å². The van der Waals surface area contributed by atoms with Gasteiger partial charge in [-0.15, -0.1) is 0 Å². The summed E-state index contributed by atoms with van der Waals surface area (Å²) >= 11 is 0. The topological polar surface area (TPSA) is 105 Å². The number of amides is 1. The molecule has 6 rings (SSSR count). The summed E-state index contributed by atoms with van der Waals surface area (Å²) in [6.45, 7) is 0.573. The van der Waals surface area contributed by atoms with Gasteiger partial charge in [0.05, 0.1) is 10.8 Å². The normalized spacial score (nSPS) is 27.0. The van der Waals surface area contributed by atoms with Crippen LogP contribution in [0.15, 0.2) is 66.9 Å². The summed E-state index contributed by atoms with van der Waals surface area (Å²) < 4.78 is 14.5. The third kappa shape index (κ3) is 2.97. The molecule has 1 N–H and O–H groups in total. The molecule has 1 spiro atoms. The molecule has 8 nitrogen and oxygen atoms in total. The molecule has 1 amide bonds. The molecular weight excluding hydrogens is 451 g/mol. The van der Waals surface area contributed by atoms with Crippen LogP contribution in [-0.4, -0.2) is 39.1 Å². The van der Waals surface area contributed by atoms with E-state index in [4.69, 9.17) is 0 Å². The van der Waals surface area contributed by atoms with E-state index in [9.17, 15) is 24.1 Å². The molecule has 1 aromatic heterocycles. The van der Waals surface area contributed by atoms with Crippen LogP contribution >= 0.6 is 0 Å². The molecule has 0 unspecified atom stereocenters. The van der Waals surface area contributed by atoms with Gasteiger partial charge in [-0.25, -0.2) is 4.39 Å². The summed E-state index contributed by atoms with van der Waals surface area (Å²) in [5.41, 5.74) is 0.445. The highest BCUT2D eigenvalue weighted by Crippen LogP contribution is 2.61. The van der Waals surface area contributed by atoms with Crippen molar-refractivity contribution in [2.24, 2.45) is 5.92 Å². The van der Waals surface area contributed by atoms with Crippen molar-refractivity contribution < 1.29 is 18.9 Å². The number of rotatable bonds is 4. The van der Waals surface area contributed by atoms with E-state index in [-0.39, 0.29) is 29.1 Å². The molecule has 176 valence electrons. The lowest BCUT2D eigenvalue weighted by Crippen LogP contribution is -2.53. The van der Waals surface area contributed by atoms with E-state index in [1.807, 2.05) is 4.90 Å². The van der Waals surface area contributed by atoms with Crippen molar-refractivity contribution in [2.45, 2.75) is 30.3 Å². The highest BCUT2D eigenvalue weighted by Gasteiger charge is 2.69. The van der Waals surface area contributed by atoms with Gasteiger partial charge < -0.3 is 5.32 Å². The summed E-state index contributed by atoms with van der Waals surface area (Å²) in [5.74, 6) is -2.49. The maximum atomic E-state index is 14.5. The third-order valence-electron chi connectivity index (χ3n) is 7.65. The van der Waals surface area contributed by atoms with Crippen molar-refractivity contribution >= 4 is 23.1 Å². The summed E-state index contributed by atoms with van der Waals surface area (Å²) in [5, 5.41) is 14.1. The van der Waals surface area contributed by atoms with E-state index in [1.54, 1.807) is 30.3 Å². The first-order valence-corrected chi connectivity index (χ1v) is 11.5. The van der Waals surface area contributed by atoms with E-state index in [0.717, 1.165) is 18.4 Å². The van der Waals surface area contributed by atoms with Crippen LogP contribution in [-0.2, 0) is 10.3 Å². The molecule has 2 fully saturated rings. The number of nitro benzene ring substituents is 1. The van der Waals surface area contributed by atoms with Gasteiger partial charge in [-0.1, -0.05) is 18.2 Å². The lowest BCUT2D eigenvalue weighted by molar-refractivity contribution is -0.384. The fraction of sp³-hybridized carbons (Fsp3) is 0.269. The van der Waals surface area contributed by atoms with Crippen LogP contribution in [0.25, 0.3) is 0 Å². The smallest absolute Gasteiger partial charge is 0.269 e. The Morgan fingerprint density at radius 3 is 2.69 bits per heavy atom. The van der Waals surface area contributed by atoms with Crippen molar-refractivity contribution in [2.75, 3.05) is 11.9 Å². The Hall–Kier alpha value is -3.98. The van der Waals surface area contributed by atoms with E-state index in [1.165, 1.54) is 36.5 Å². The second kappa shape index (κ2) is 7.78. The zero-order valence-corrected chi connectivity index (χ0v) is 18.6. The number of pyridine rings is 1. The number of benzene rings is 2. The molecule has 9 heteroatoms. The first-order chi connectivity index (χ1) is 16.9. The molecule has 0 radical (unpaired) electrons. The number of anilines is 1. The molecule has 3 aliphatic heterocycles. The van der Waals surface area contributed by atoms with Crippen LogP contribution in [0.3, 0.4) is 0 Å². The van der Waals surface area contributed by atoms with Crippen LogP contribution < -0.4 is 5.32 Å². The van der Waals surface area contributed by atoms with Crippen LogP contribution in [0.4, 0.5) is 15.8 Å². The van der Waals surface area contributed by atoms with Gasteiger partial charge >= 0.3 is 0 Å². The highest BCUT2D eigenvalue weighted by atomic mass is 19.1. The minimum atomic E-state index is -1.40. The Balaban J connectivity index is 1.60. The lowest BCUT2D eigenvalue weighted by Gasteiger charge is -2.36. The zero-order chi connectivity index (χ0) is 24.3. The Morgan fingerprint density at radius 2 is 1.97 bits per heavy atom. The van der Waals surface area contributed by atoms with E-state index >= 15 is 0 Å². The number of ketones is 1. The number of nitrogens with one attached hydrogen (secondary N) is 1. The van der Waals surface area contributed by atoms with Gasteiger partial charge in [-0.05, 0) is 55.3 Å². The average molecular weight is 472 g/mol. The fourth-order valence-corrected chi connectivity index (χ4v) is 6.39. The highest BCUT2D eigenvalue weighted by molar-refractivity contribution is 6.12. The number of Topliss-reactive ketones (excluding diaryl/α,β-unsaturated/α-hetero) is 1. The first-order valence-electron chi connectivity index (χ1n) is 11.5. The third-order valence-corrected chi connectivity index (χ3v) is 7.65. The molecule has 3 aliphatic rings. The lowest BCUT2D eigenvalue weighted by atomic mass is 9.69. The van der Waals surface area contributed by atoms with Crippen molar-refractivity contribution in [1.29, 1.82) is 0 Å². The quantitative estimate of drug-likeness (QED) is 0.349. The predicted octanol–water partition coefficient (Wildman–Crippen LogP) is 4.04. The van der Waals surface area contributed by atoms with Gasteiger partial charge in [-0.2, -0.15) is 0 Å². The minimum absolute atomic E-state index is 0.0524. The molecule has 35 heavy (non-hydrogen) atoms. The SMILES string of the molecule is O=C(c1ccccn1)[C@@H]1[C@@H](c2ccc([N+](=O)[O-])cc2)[C@@H]2CCCN2[C@@]12C(=O)Nc1ccc(F)cc12. The van der Waals surface area contributed by atoms with Crippen LogP contribution in [0.5, 0.6) is 0 Å². The summed E-state index contributed by atoms with van der Waals surface area (Å²) in [6.07, 6.45) is 3.09. The number of nitrogens with zero attached hydrogens (tertiary/aromatic N) is 3. The monoisotopic (exact) mass is 472 g/mol. The van der Waals surface area contributed by atoms with Gasteiger partial charge in [-0.3, -0.25) is 29.6 Å². The maximum absolute atomic E-state index is 14.5. The van der Waals surface area contributed by atoms with Gasteiger partial charge in [0.1, 0.15) is 17.1 Å². The van der Waals surface area contributed by atoms with Gasteiger partial charge in [0, 0.05) is 41.5 Å². The predicted molar refractivity (Wildman–Crippen MR) is 124 cm³/mol. The van der Waals surface area contributed by atoms with Crippen molar-refractivity contribution in [3.8, 4) is 0 Å². The molecule has 2 saturated heterocycles. The fourth-order valence-electron chi connectivity index (χ4n) is 6.39. The number of hydrogen-bond donors (Lipinski definition) is 1. The van der Waals surface area contributed by atoms with Crippen molar-refractivity contribution in [3.63, 3.8) is 0 Å². The molecule has 0 saturated carbocycles. The summed E-state index contributed by atoms with van der Waals surface area (Å²) in [6, 6.07) is 15.2. The standard InChI is InChI=1S/C26H21FN4O4/c27-16-8-11-19-18(14-16)26(25(33)29-19)23(24(32)20-4-1-2-12-28-20)22(21-5-3-13-30(21)26)15-6-9-17(10-7-15)31(34)35/h1-2,4,6-12,14,21-23H,3,5,13H2,(H,29,33)/t21-,22-,23-,26+/m0/s1. The number of non-ortho nitro benzene ring substituents is 1. The largest absolute Gasteiger partial charge is 0.324 e. The number of aromatic nitrogens is 1. The van der Waals surface area contributed by atoms with E-state index in [2.05, 4.69) is 10.3 Å². The van der Waals surface area contributed by atoms with E-state index in [0.29, 0.717) is 17.8 Å². The minimum Gasteiger partial charge on any atom is -0.324 e. The van der Waals surface area contributed by atoms with Gasteiger partial charge in [0.25, 0.3) is 5.69 Å². The van der Waals surface area contributed by atoms with Gasteiger partial charge in [0.2, 0.25) is 5.91 Å². The molecular formula is C26H21FN4O4. The van der Waals surface area contributed by atoms with Crippen LogP contribution in [0.2, 0.25) is 0 Å². The molecule has 0 bridgehead atoms. The van der Waals surface area contributed by atoms with E-state index < -0.39 is 28.1 Å². The Morgan fingerprint density at radius 1 is 1.17 bits per heavy atom. The second-order valence-corrected chi connectivity index (χ2v) is 9.24. The Kier molecular flexibility index (Phi) is 4.79. The van der Waals surface area contributed by atoms with Crippen molar-refractivity contribution in [1.82, 2.24) is 9.88 Å².